The molecule has 0 amide bonds. The fourth-order valence-electron chi connectivity index (χ4n) is 5.64. The number of allylic oxidation sites excluding steroid dienone is 3. The van der Waals surface area contributed by atoms with Crippen LogP contribution in [0.1, 0.15) is 59.8 Å². The highest BCUT2D eigenvalue weighted by atomic mass is 16.5. The van der Waals surface area contributed by atoms with Gasteiger partial charge in [0.25, 0.3) is 0 Å². The molecular weight excluding hydrogens is 300 g/mol. The fourth-order valence-corrected chi connectivity index (χ4v) is 5.64. The number of fused-ring (bicyclic) bond motifs is 3. The molecule has 0 aromatic heterocycles. The molecular formula is C21H32O3. The van der Waals surface area contributed by atoms with Crippen molar-refractivity contribution in [3.05, 3.63) is 22.8 Å². The van der Waals surface area contributed by atoms with Gasteiger partial charge in [0.15, 0.2) is 0 Å². The monoisotopic (exact) mass is 332 g/mol. The van der Waals surface area contributed by atoms with Crippen LogP contribution in [-0.4, -0.2) is 30.7 Å². The molecule has 0 radical (unpaired) electrons. The van der Waals surface area contributed by atoms with Crippen LogP contribution < -0.4 is 0 Å². The van der Waals surface area contributed by atoms with Gasteiger partial charge >= 0.3 is 0 Å². The molecule has 0 aromatic rings. The Morgan fingerprint density at radius 2 is 2.00 bits per heavy atom. The summed E-state index contributed by atoms with van der Waals surface area (Å²) in [5.41, 5.74) is 3.82. The zero-order valence-electron chi connectivity index (χ0n) is 15.8. The first-order valence-electron chi connectivity index (χ1n) is 9.38. The largest absolute Gasteiger partial charge is 0.389 e. The molecule has 3 rings (SSSR count). The summed E-state index contributed by atoms with van der Waals surface area (Å²) in [7, 11) is 1.59. The lowest BCUT2D eigenvalue weighted by atomic mass is 9.54. The molecule has 3 nitrogen and oxygen atoms in total. The molecule has 1 unspecified atom stereocenters. The van der Waals surface area contributed by atoms with E-state index < -0.39 is 12.2 Å². The number of hydrogen-bond donors (Lipinski definition) is 1. The number of aldehydes is 1. The van der Waals surface area contributed by atoms with E-state index in [0.29, 0.717) is 17.4 Å². The molecule has 1 N–H and O–H groups in total. The van der Waals surface area contributed by atoms with Crippen molar-refractivity contribution in [1.82, 2.24) is 0 Å². The van der Waals surface area contributed by atoms with E-state index in [2.05, 4.69) is 27.7 Å². The van der Waals surface area contributed by atoms with Gasteiger partial charge in [-0.2, -0.15) is 0 Å². The van der Waals surface area contributed by atoms with Crippen molar-refractivity contribution in [2.45, 2.75) is 72.0 Å². The number of carbonyl (C=O) groups is 1. The van der Waals surface area contributed by atoms with E-state index in [0.717, 1.165) is 25.5 Å². The quantitative estimate of drug-likeness (QED) is 0.626. The van der Waals surface area contributed by atoms with Crippen LogP contribution in [0, 0.1) is 22.7 Å². The lowest BCUT2D eigenvalue weighted by molar-refractivity contribution is -0.112. The van der Waals surface area contributed by atoms with Crippen molar-refractivity contribution in [2.75, 3.05) is 7.11 Å². The van der Waals surface area contributed by atoms with Crippen molar-refractivity contribution >= 4 is 6.29 Å². The van der Waals surface area contributed by atoms with Crippen LogP contribution in [0.5, 0.6) is 0 Å². The van der Waals surface area contributed by atoms with Crippen LogP contribution in [0.15, 0.2) is 22.8 Å². The Labute approximate surface area is 146 Å². The first-order chi connectivity index (χ1) is 11.3. The first kappa shape index (κ1) is 17.9. The van der Waals surface area contributed by atoms with Crippen molar-refractivity contribution < 1.29 is 14.6 Å². The van der Waals surface area contributed by atoms with Crippen LogP contribution >= 0.6 is 0 Å². The van der Waals surface area contributed by atoms with Crippen LogP contribution in [-0.2, 0) is 9.53 Å². The maximum absolute atomic E-state index is 11.5. The SMILES string of the molecule is CO[C@H]1C(C=O)=CCC2C3=C(C(C)C)CC[C@]3(C)CC[C@@]2(C)[C@H]1O. The molecule has 1 fully saturated rings. The second-order valence-corrected chi connectivity index (χ2v) is 8.87. The van der Waals surface area contributed by atoms with E-state index in [-0.39, 0.29) is 10.8 Å². The third-order valence-electron chi connectivity index (χ3n) is 7.27. The predicted molar refractivity (Wildman–Crippen MR) is 95.6 cm³/mol. The number of aliphatic hydroxyl groups excluding tert-OH is 1. The summed E-state index contributed by atoms with van der Waals surface area (Å²) in [6.45, 7) is 9.20. The van der Waals surface area contributed by atoms with Gasteiger partial charge < -0.3 is 9.84 Å². The van der Waals surface area contributed by atoms with Gasteiger partial charge in [0, 0.05) is 18.1 Å². The van der Waals surface area contributed by atoms with Gasteiger partial charge in [0.1, 0.15) is 12.4 Å². The molecule has 0 saturated heterocycles. The number of methoxy groups -OCH3 is 1. The third-order valence-corrected chi connectivity index (χ3v) is 7.27. The summed E-state index contributed by atoms with van der Waals surface area (Å²) < 4.78 is 5.55. The third kappa shape index (κ3) is 2.43. The standard InChI is InChI=1S/C21H32O3/c1-13(2)15-8-9-20(3)10-11-21(4)16(17(15)20)7-6-14(12-22)18(24-5)19(21)23/h6,12-13,16,18-19,23H,7-11H2,1-5H3/t16?,18-,19-,20+,21+/m0/s1. The summed E-state index contributed by atoms with van der Waals surface area (Å²) in [4.78, 5) is 11.5. The average molecular weight is 332 g/mol. The Kier molecular flexibility index (Phi) is 4.55. The molecule has 0 bridgehead atoms. The van der Waals surface area contributed by atoms with Gasteiger partial charge in [0.2, 0.25) is 0 Å². The van der Waals surface area contributed by atoms with Gasteiger partial charge in [0.05, 0.1) is 6.10 Å². The average Bonchev–Trinajstić information content (AvgIpc) is 2.85. The lowest BCUT2D eigenvalue weighted by Gasteiger charge is -2.52. The highest BCUT2D eigenvalue weighted by molar-refractivity contribution is 5.75. The van der Waals surface area contributed by atoms with Crippen molar-refractivity contribution in [2.24, 2.45) is 22.7 Å². The normalized spacial score (nSPS) is 42.5. The lowest BCUT2D eigenvalue weighted by Crippen LogP contribution is -2.51. The van der Waals surface area contributed by atoms with E-state index in [9.17, 15) is 9.90 Å². The molecule has 5 atom stereocenters. The van der Waals surface area contributed by atoms with E-state index in [1.54, 1.807) is 18.3 Å². The van der Waals surface area contributed by atoms with E-state index in [1.165, 1.54) is 12.8 Å². The van der Waals surface area contributed by atoms with Crippen LogP contribution in [0.3, 0.4) is 0 Å². The van der Waals surface area contributed by atoms with Crippen LogP contribution in [0.25, 0.3) is 0 Å². The summed E-state index contributed by atoms with van der Waals surface area (Å²) in [6, 6.07) is 0. The molecule has 134 valence electrons. The maximum Gasteiger partial charge on any atom is 0.148 e. The van der Waals surface area contributed by atoms with Gasteiger partial charge in [-0.15, -0.1) is 0 Å². The number of carbonyl (C=O) groups excluding carboxylic acids is 1. The minimum atomic E-state index is -0.641. The molecule has 3 aliphatic rings. The van der Waals surface area contributed by atoms with Crippen molar-refractivity contribution in [3.8, 4) is 0 Å². The summed E-state index contributed by atoms with van der Waals surface area (Å²) in [6.07, 6.45) is 7.10. The second kappa shape index (κ2) is 6.10. The van der Waals surface area contributed by atoms with Gasteiger partial charge in [-0.25, -0.2) is 0 Å². The van der Waals surface area contributed by atoms with Crippen molar-refractivity contribution in [3.63, 3.8) is 0 Å². The Bertz CT molecular complexity index is 588. The highest BCUT2D eigenvalue weighted by Gasteiger charge is 2.56. The van der Waals surface area contributed by atoms with Crippen molar-refractivity contribution in [1.29, 1.82) is 0 Å². The summed E-state index contributed by atoms with van der Waals surface area (Å²) in [5, 5.41) is 11.2. The Hall–Kier alpha value is -0.930. The first-order valence-corrected chi connectivity index (χ1v) is 9.38. The summed E-state index contributed by atoms with van der Waals surface area (Å²) in [5.74, 6) is 0.860. The topological polar surface area (TPSA) is 46.5 Å². The molecule has 0 aromatic carbocycles. The Balaban J connectivity index is 2.13. The highest BCUT2D eigenvalue weighted by Crippen LogP contribution is 2.63. The van der Waals surface area contributed by atoms with Crippen LogP contribution in [0.2, 0.25) is 0 Å². The van der Waals surface area contributed by atoms with Gasteiger partial charge in [-0.1, -0.05) is 44.9 Å². The number of ether oxygens (including phenoxy) is 1. The minimum absolute atomic E-state index is 0.235. The molecule has 24 heavy (non-hydrogen) atoms. The molecule has 0 spiro atoms. The molecule has 3 aliphatic carbocycles. The predicted octanol–water partition coefficient (Wildman–Crippen LogP) is 4.06. The maximum atomic E-state index is 11.5. The van der Waals surface area contributed by atoms with Crippen LogP contribution in [0.4, 0.5) is 0 Å². The number of hydrogen-bond acceptors (Lipinski definition) is 3. The summed E-state index contributed by atoms with van der Waals surface area (Å²) >= 11 is 0. The van der Waals surface area contributed by atoms with E-state index >= 15 is 0 Å². The van der Waals surface area contributed by atoms with Gasteiger partial charge in [-0.05, 0) is 49.4 Å². The zero-order chi connectivity index (χ0) is 17.7. The van der Waals surface area contributed by atoms with E-state index in [1.807, 2.05) is 6.08 Å². The minimum Gasteiger partial charge on any atom is -0.389 e. The molecule has 0 heterocycles. The number of aliphatic hydroxyl groups is 1. The number of rotatable bonds is 3. The smallest absolute Gasteiger partial charge is 0.148 e. The Morgan fingerprint density at radius 3 is 2.58 bits per heavy atom. The Morgan fingerprint density at radius 1 is 1.29 bits per heavy atom. The fraction of sp³-hybridized carbons (Fsp3) is 0.762. The molecule has 1 saturated carbocycles. The molecule has 3 heteroatoms. The van der Waals surface area contributed by atoms with Gasteiger partial charge in [-0.3, -0.25) is 4.79 Å². The molecule has 0 aliphatic heterocycles. The van der Waals surface area contributed by atoms with E-state index in [4.69, 9.17) is 4.74 Å². The second-order valence-electron chi connectivity index (χ2n) is 8.87. The zero-order valence-corrected chi connectivity index (χ0v) is 15.8.